The minimum atomic E-state index is -0.691. The van der Waals surface area contributed by atoms with E-state index in [1.54, 1.807) is 57.3 Å². The van der Waals surface area contributed by atoms with Crippen LogP contribution in [0.3, 0.4) is 0 Å². The predicted octanol–water partition coefficient (Wildman–Crippen LogP) is 8.65. The Labute approximate surface area is 268 Å². The van der Waals surface area contributed by atoms with Crippen LogP contribution in [-0.2, 0) is 14.2 Å². The fourth-order valence-corrected chi connectivity index (χ4v) is 6.91. The Balaban J connectivity index is 1.56. The number of pyridine rings is 1. The molecule has 1 amide bonds. The zero-order valence-corrected chi connectivity index (χ0v) is 26.9. The Hall–Kier alpha value is -3.65. The molecule has 1 fully saturated rings. The average molecular weight is 659 g/mol. The molecule has 13 heteroatoms. The first-order valence-corrected chi connectivity index (χ1v) is 15.8. The number of carbonyl (C=O) groups excluding carboxylic acids is 1. The maximum Gasteiger partial charge on any atom is 0.413 e. The van der Waals surface area contributed by atoms with Crippen molar-refractivity contribution < 1.29 is 32.2 Å². The third kappa shape index (κ3) is 8.15. The topological polar surface area (TPSA) is 85.8 Å². The molecule has 0 radical (unpaired) electrons. The lowest BCUT2D eigenvalue weighted by atomic mass is 10.0. The Morgan fingerprint density at radius 1 is 1.13 bits per heavy atom. The van der Waals surface area contributed by atoms with Crippen LogP contribution >= 0.6 is 23.3 Å². The third-order valence-electron chi connectivity index (χ3n) is 6.72. The highest BCUT2D eigenvalue weighted by Gasteiger charge is 2.27. The predicted molar refractivity (Wildman–Crippen MR) is 170 cm³/mol. The minimum absolute atomic E-state index is 0.0187. The third-order valence-corrected chi connectivity index (χ3v) is 9.01. The molecular formula is C32H33F3N4O4S2. The molecule has 0 spiro atoms. The molecule has 238 valence electrons. The van der Waals surface area contributed by atoms with Crippen LogP contribution in [0, 0.1) is 17.5 Å². The zero-order chi connectivity index (χ0) is 32.1. The smallest absolute Gasteiger partial charge is 0.413 e. The normalized spacial score (nSPS) is 13.9. The van der Waals surface area contributed by atoms with E-state index in [0.29, 0.717) is 29.3 Å². The molecule has 45 heavy (non-hydrogen) atoms. The van der Waals surface area contributed by atoms with Crippen LogP contribution in [-0.4, -0.2) is 48.7 Å². The van der Waals surface area contributed by atoms with Gasteiger partial charge >= 0.3 is 6.09 Å². The van der Waals surface area contributed by atoms with Crippen LogP contribution in [0.15, 0.2) is 59.6 Å². The van der Waals surface area contributed by atoms with Gasteiger partial charge in [0.25, 0.3) is 0 Å². The second-order valence-corrected chi connectivity index (χ2v) is 13.4. The molecule has 3 heterocycles. The van der Waals surface area contributed by atoms with Crippen molar-refractivity contribution in [1.82, 2.24) is 9.97 Å². The van der Waals surface area contributed by atoms with E-state index in [1.165, 1.54) is 22.8 Å². The first-order valence-electron chi connectivity index (χ1n) is 14.3. The number of amides is 1. The van der Waals surface area contributed by atoms with E-state index in [4.69, 9.17) is 19.2 Å². The van der Waals surface area contributed by atoms with Crippen molar-refractivity contribution in [2.45, 2.75) is 50.0 Å². The summed E-state index contributed by atoms with van der Waals surface area (Å²) in [5.74, 6) is -1.46. The van der Waals surface area contributed by atoms with Crippen LogP contribution < -0.4 is 9.62 Å². The van der Waals surface area contributed by atoms with E-state index in [-0.39, 0.29) is 34.6 Å². The van der Waals surface area contributed by atoms with Crippen LogP contribution in [0.25, 0.3) is 21.7 Å². The van der Waals surface area contributed by atoms with Gasteiger partial charge in [0.15, 0.2) is 5.82 Å². The number of ether oxygens (including phenoxy) is 3. The second kappa shape index (κ2) is 14.2. The number of thiazole rings is 1. The maximum atomic E-state index is 16.6. The highest BCUT2D eigenvalue weighted by Crippen LogP contribution is 2.44. The fraction of sp³-hybridized carbons (Fsp3) is 0.344. The van der Waals surface area contributed by atoms with E-state index in [2.05, 4.69) is 10.3 Å². The van der Waals surface area contributed by atoms with Crippen molar-refractivity contribution >= 4 is 40.9 Å². The van der Waals surface area contributed by atoms with Crippen molar-refractivity contribution in [3.8, 4) is 21.7 Å². The van der Waals surface area contributed by atoms with E-state index in [1.807, 2.05) is 0 Å². The van der Waals surface area contributed by atoms with E-state index < -0.39 is 29.1 Å². The van der Waals surface area contributed by atoms with Gasteiger partial charge in [-0.25, -0.2) is 27.9 Å². The molecule has 0 saturated carbocycles. The van der Waals surface area contributed by atoms with Gasteiger partial charge in [-0.15, -0.1) is 11.3 Å². The number of nitrogens with zero attached hydrogens (tertiary/aromatic N) is 3. The Kier molecular flexibility index (Phi) is 10.3. The summed E-state index contributed by atoms with van der Waals surface area (Å²) in [6, 6.07) is 11.4. The van der Waals surface area contributed by atoms with Crippen LogP contribution in [0.5, 0.6) is 0 Å². The van der Waals surface area contributed by atoms with E-state index >= 15 is 4.39 Å². The van der Waals surface area contributed by atoms with Gasteiger partial charge in [0.05, 0.1) is 26.2 Å². The van der Waals surface area contributed by atoms with Crippen LogP contribution in [0.4, 0.5) is 29.5 Å². The second-order valence-electron chi connectivity index (χ2n) is 11.3. The van der Waals surface area contributed by atoms with Gasteiger partial charge in [-0.1, -0.05) is 6.07 Å². The number of hydrogen-bond donors (Lipinski definition) is 1. The first kappa shape index (κ1) is 32.7. The molecule has 0 bridgehead atoms. The van der Waals surface area contributed by atoms with Gasteiger partial charge in [0.2, 0.25) is 0 Å². The summed E-state index contributed by atoms with van der Waals surface area (Å²) >= 11 is 2.28. The van der Waals surface area contributed by atoms with Gasteiger partial charge in [-0.2, -0.15) is 0 Å². The number of halogens is 3. The number of hydrogen-bond acceptors (Lipinski definition) is 9. The van der Waals surface area contributed by atoms with Gasteiger partial charge < -0.3 is 14.2 Å². The Bertz CT molecular complexity index is 1660. The molecule has 5 rings (SSSR count). The van der Waals surface area contributed by atoms with Crippen LogP contribution in [0.1, 0.15) is 44.5 Å². The van der Waals surface area contributed by atoms with E-state index in [9.17, 15) is 13.6 Å². The van der Waals surface area contributed by atoms with Gasteiger partial charge in [0, 0.05) is 38.0 Å². The van der Waals surface area contributed by atoms with Crippen molar-refractivity contribution in [3.05, 3.63) is 77.2 Å². The molecule has 2 aromatic heterocycles. The number of benzene rings is 2. The van der Waals surface area contributed by atoms with Crippen LogP contribution in [0.2, 0.25) is 0 Å². The van der Waals surface area contributed by atoms with Gasteiger partial charge in [-0.05, 0) is 93.6 Å². The molecule has 1 aliphatic rings. The SMILES string of the molecule is COCN(Sc1cc(F)ccc1F)c1cccc(-c2nc(C3CCOCC3)sc2-c2ccnc(NC(=O)OC(C)(C)C)c2)c1F. The highest BCUT2D eigenvalue weighted by molar-refractivity contribution is 8.00. The number of rotatable bonds is 9. The molecule has 4 aromatic rings. The molecule has 1 N–H and O–H groups in total. The molecule has 0 aliphatic carbocycles. The fourth-order valence-electron chi connectivity index (χ4n) is 4.71. The largest absolute Gasteiger partial charge is 0.444 e. The Morgan fingerprint density at radius 3 is 2.64 bits per heavy atom. The summed E-state index contributed by atoms with van der Waals surface area (Å²) in [5, 5.41) is 3.50. The summed E-state index contributed by atoms with van der Waals surface area (Å²) < 4.78 is 62.6. The Morgan fingerprint density at radius 2 is 1.91 bits per heavy atom. The zero-order valence-electron chi connectivity index (χ0n) is 25.2. The lowest BCUT2D eigenvalue weighted by Gasteiger charge is -2.24. The standard InChI is InChI=1S/C32H33F3N4O4S2/c1-32(2,3)43-31(40)37-26-16-20(10-13-36-26)29-28(38-30(44-29)19-11-14-42-15-12-19)22-6-5-7-24(27(22)35)39(18-41-4)45-25-17-21(33)8-9-23(25)34/h5-10,13,16-17,19H,11-12,14-15,18H2,1-4H3,(H,36,37,40). The highest BCUT2D eigenvalue weighted by atomic mass is 32.2. The molecule has 2 aromatic carbocycles. The lowest BCUT2D eigenvalue weighted by molar-refractivity contribution is 0.0635. The quantitative estimate of drug-likeness (QED) is 0.141. The molecule has 1 aliphatic heterocycles. The number of carbonyl (C=O) groups is 1. The molecule has 0 unspecified atom stereocenters. The molecular weight excluding hydrogens is 626 g/mol. The summed E-state index contributed by atoms with van der Waals surface area (Å²) in [5.41, 5.74) is 0.725. The molecule has 0 atom stereocenters. The maximum absolute atomic E-state index is 16.6. The minimum Gasteiger partial charge on any atom is -0.444 e. The number of anilines is 2. The van der Waals surface area contributed by atoms with Crippen molar-refractivity contribution in [1.29, 1.82) is 0 Å². The van der Waals surface area contributed by atoms with Gasteiger partial charge in [-0.3, -0.25) is 9.62 Å². The monoisotopic (exact) mass is 658 g/mol. The average Bonchev–Trinajstić information content (AvgIpc) is 3.44. The lowest BCUT2D eigenvalue weighted by Crippen LogP contribution is -2.27. The molecule has 1 saturated heterocycles. The van der Waals surface area contributed by atoms with Gasteiger partial charge in [0.1, 0.15) is 29.8 Å². The summed E-state index contributed by atoms with van der Waals surface area (Å²) in [4.78, 5) is 22.3. The summed E-state index contributed by atoms with van der Waals surface area (Å²) in [7, 11) is 1.43. The summed E-state index contributed by atoms with van der Waals surface area (Å²) in [6.45, 7) is 6.40. The number of nitrogens with one attached hydrogen (secondary N) is 1. The molecule has 8 nitrogen and oxygen atoms in total. The van der Waals surface area contributed by atoms with E-state index in [0.717, 1.165) is 48.0 Å². The first-order chi connectivity index (χ1) is 21.5. The number of aromatic nitrogens is 2. The van der Waals surface area contributed by atoms with Crippen molar-refractivity contribution in [2.75, 3.05) is 36.7 Å². The van der Waals surface area contributed by atoms with Crippen molar-refractivity contribution in [2.24, 2.45) is 0 Å². The summed E-state index contributed by atoms with van der Waals surface area (Å²) in [6.07, 6.45) is 2.48. The van der Waals surface area contributed by atoms with Crippen molar-refractivity contribution in [3.63, 3.8) is 0 Å². The number of methoxy groups -OCH3 is 1.